The fourth-order valence-electron chi connectivity index (χ4n) is 2.66. The van der Waals surface area contributed by atoms with Crippen molar-refractivity contribution in [1.29, 1.82) is 0 Å². The van der Waals surface area contributed by atoms with Gasteiger partial charge in [-0.25, -0.2) is 8.78 Å². The second-order valence-corrected chi connectivity index (χ2v) is 6.78. The molecule has 0 fully saturated rings. The highest BCUT2D eigenvalue weighted by atomic mass is 79.9. The van der Waals surface area contributed by atoms with Crippen LogP contribution in [0.4, 0.5) is 43.9 Å². The van der Waals surface area contributed by atoms with Crippen LogP contribution in [0.5, 0.6) is 0 Å². The summed E-state index contributed by atoms with van der Waals surface area (Å²) in [6.07, 6.45) is -13.6. The molecule has 0 aromatic heterocycles. The predicted octanol–water partition coefficient (Wildman–Crippen LogP) is 7.54. The Morgan fingerprint density at radius 2 is 1.38 bits per heavy atom. The molecule has 0 aliphatic rings. The summed E-state index contributed by atoms with van der Waals surface area (Å²) in [4.78, 5) is 0. The zero-order chi connectivity index (χ0) is 22.4. The van der Waals surface area contributed by atoms with Gasteiger partial charge in [-0.1, -0.05) is 25.1 Å². The van der Waals surface area contributed by atoms with E-state index in [2.05, 4.69) is 22.0 Å². The van der Waals surface area contributed by atoms with E-state index in [0.717, 1.165) is 24.3 Å². The minimum Gasteiger partial charge on any atom is -0.221 e. The van der Waals surface area contributed by atoms with Crippen LogP contribution in [0, 0.1) is 11.9 Å². The molecule has 0 bridgehead atoms. The largest absolute Gasteiger partial charge is 0.457 e. The molecule has 0 saturated heterocycles. The Balaban J connectivity index is 3.01. The maximum atomic E-state index is 15.1. The highest BCUT2D eigenvalue weighted by Gasteiger charge is 2.82. The van der Waals surface area contributed by atoms with Crippen LogP contribution in [0.1, 0.15) is 18.1 Å². The van der Waals surface area contributed by atoms with Crippen LogP contribution >= 0.6 is 15.9 Å². The van der Waals surface area contributed by atoms with Gasteiger partial charge in [0.15, 0.2) is 0 Å². The molecule has 2 aromatic carbocycles. The van der Waals surface area contributed by atoms with Crippen LogP contribution in [0.15, 0.2) is 34.8 Å². The van der Waals surface area contributed by atoms with Crippen molar-refractivity contribution in [3.05, 3.63) is 57.8 Å². The van der Waals surface area contributed by atoms with E-state index in [0.29, 0.717) is 0 Å². The molecular weight excluding hydrogens is 486 g/mol. The van der Waals surface area contributed by atoms with Gasteiger partial charge in [0.1, 0.15) is 5.82 Å². The van der Waals surface area contributed by atoms with Gasteiger partial charge in [-0.3, -0.25) is 0 Å². The summed E-state index contributed by atoms with van der Waals surface area (Å²) in [6.45, 7) is 1.36. The monoisotopic (exact) mass is 495 g/mol. The van der Waals surface area contributed by atoms with Crippen molar-refractivity contribution in [2.75, 3.05) is 0 Å². The number of alkyl halides is 9. The molecule has 0 saturated carbocycles. The summed E-state index contributed by atoms with van der Waals surface area (Å²) in [7, 11) is 0. The first-order valence-corrected chi connectivity index (χ1v) is 8.58. The van der Waals surface area contributed by atoms with Gasteiger partial charge in [0.05, 0.1) is 0 Å². The summed E-state index contributed by atoms with van der Waals surface area (Å²) in [5.74, 6) is -7.68. The Kier molecular flexibility index (Phi) is 6.06. The zero-order valence-corrected chi connectivity index (χ0v) is 15.8. The molecule has 0 spiro atoms. The van der Waals surface area contributed by atoms with Crippen molar-refractivity contribution in [3.63, 3.8) is 0 Å². The van der Waals surface area contributed by atoms with E-state index in [-0.39, 0.29) is 18.1 Å². The maximum absolute atomic E-state index is 15.1. The fraction of sp³-hybridized carbons (Fsp3) is 0.333. The molecule has 1 unspecified atom stereocenters. The average Bonchev–Trinajstić information content (AvgIpc) is 2.59. The molecule has 0 amide bonds. The lowest BCUT2D eigenvalue weighted by Crippen LogP contribution is -2.60. The number of hydrogen-bond acceptors (Lipinski definition) is 0. The maximum Gasteiger partial charge on any atom is 0.457 e. The SMILES string of the molecule is CCc1[c]c(Br)c(-c2ccc(F)cc2)c(C(F)(C(F)(F)F)C(F)(F)C(F)(F)F)c1. The van der Waals surface area contributed by atoms with Gasteiger partial charge < -0.3 is 0 Å². The van der Waals surface area contributed by atoms with Crippen molar-refractivity contribution in [2.24, 2.45) is 0 Å². The number of halogens is 11. The van der Waals surface area contributed by atoms with E-state index < -0.39 is 50.9 Å². The first kappa shape index (κ1) is 23.5. The van der Waals surface area contributed by atoms with Crippen LogP contribution in [-0.4, -0.2) is 18.3 Å². The van der Waals surface area contributed by atoms with Gasteiger partial charge in [0, 0.05) is 21.7 Å². The summed E-state index contributed by atoms with van der Waals surface area (Å²) in [5.41, 5.74) is -9.70. The van der Waals surface area contributed by atoms with E-state index in [9.17, 15) is 39.5 Å². The Labute approximate surface area is 166 Å². The van der Waals surface area contributed by atoms with Gasteiger partial charge in [0.25, 0.3) is 0 Å². The third kappa shape index (κ3) is 3.85. The molecule has 0 N–H and O–H groups in total. The lowest BCUT2D eigenvalue weighted by atomic mass is 9.81. The minimum atomic E-state index is -6.85. The van der Waals surface area contributed by atoms with Crippen molar-refractivity contribution in [2.45, 2.75) is 37.3 Å². The first-order chi connectivity index (χ1) is 13.1. The van der Waals surface area contributed by atoms with Crippen molar-refractivity contribution < 1.29 is 43.9 Å². The van der Waals surface area contributed by atoms with E-state index in [1.165, 1.54) is 6.92 Å². The third-order valence-electron chi connectivity index (χ3n) is 4.14. The van der Waals surface area contributed by atoms with Gasteiger partial charge in [-0.05, 0) is 45.6 Å². The van der Waals surface area contributed by atoms with Gasteiger partial charge >= 0.3 is 23.9 Å². The third-order valence-corrected chi connectivity index (χ3v) is 4.74. The van der Waals surface area contributed by atoms with Gasteiger partial charge in [-0.15, -0.1) is 0 Å². The van der Waals surface area contributed by atoms with Gasteiger partial charge in [-0.2, -0.15) is 35.1 Å². The fourth-order valence-corrected chi connectivity index (χ4v) is 3.36. The van der Waals surface area contributed by atoms with Crippen molar-refractivity contribution >= 4 is 15.9 Å². The molecular formula is C18H10BrF10. The van der Waals surface area contributed by atoms with Crippen LogP contribution in [-0.2, 0) is 12.1 Å². The van der Waals surface area contributed by atoms with E-state index in [4.69, 9.17) is 0 Å². The van der Waals surface area contributed by atoms with Crippen LogP contribution < -0.4 is 0 Å². The smallest absolute Gasteiger partial charge is 0.221 e. The Morgan fingerprint density at radius 1 is 0.862 bits per heavy atom. The van der Waals surface area contributed by atoms with Gasteiger partial charge in [0.2, 0.25) is 0 Å². The molecule has 0 aliphatic carbocycles. The van der Waals surface area contributed by atoms with Crippen LogP contribution in [0.2, 0.25) is 0 Å². The number of benzene rings is 2. The molecule has 0 heterocycles. The topological polar surface area (TPSA) is 0 Å². The lowest BCUT2D eigenvalue weighted by molar-refractivity contribution is -0.389. The summed E-state index contributed by atoms with van der Waals surface area (Å²) >= 11 is 2.76. The second kappa shape index (κ2) is 7.48. The molecule has 2 aromatic rings. The Bertz CT molecular complexity index is 883. The standard InChI is InChI=1S/C18H10BrF10/c1-2-9-7-12(14(13(19)8-9)10-3-5-11(20)6-4-10)15(21,17(24,25)26)16(22,23)18(27,28)29/h3-7H,2H2,1H3. The predicted molar refractivity (Wildman–Crippen MR) is 87.6 cm³/mol. The van der Waals surface area contributed by atoms with Crippen molar-refractivity contribution in [1.82, 2.24) is 0 Å². The molecule has 0 aliphatic heterocycles. The van der Waals surface area contributed by atoms with E-state index in [1.54, 1.807) is 0 Å². The molecule has 11 heteroatoms. The Hall–Kier alpha value is -1.78. The minimum absolute atomic E-state index is 0.138. The summed E-state index contributed by atoms with van der Waals surface area (Å²) in [5, 5.41) is 0. The molecule has 29 heavy (non-hydrogen) atoms. The normalized spacial score (nSPS) is 15.3. The van der Waals surface area contributed by atoms with E-state index >= 15 is 4.39 Å². The highest BCUT2D eigenvalue weighted by Crippen LogP contribution is 2.60. The number of rotatable bonds is 4. The zero-order valence-electron chi connectivity index (χ0n) is 14.3. The molecule has 1 atom stereocenters. The van der Waals surface area contributed by atoms with Crippen molar-refractivity contribution in [3.8, 4) is 11.1 Å². The highest BCUT2D eigenvalue weighted by molar-refractivity contribution is 9.10. The summed E-state index contributed by atoms with van der Waals surface area (Å²) < 4.78 is 135. The molecule has 2 rings (SSSR count). The van der Waals surface area contributed by atoms with Crippen LogP contribution in [0.25, 0.3) is 11.1 Å². The first-order valence-electron chi connectivity index (χ1n) is 7.79. The van der Waals surface area contributed by atoms with E-state index in [1.807, 2.05) is 0 Å². The lowest BCUT2D eigenvalue weighted by Gasteiger charge is -2.37. The second-order valence-electron chi connectivity index (χ2n) is 5.99. The number of hydrogen-bond donors (Lipinski definition) is 0. The summed E-state index contributed by atoms with van der Waals surface area (Å²) in [6, 6.07) is 5.82. The van der Waals surface area contributed by atoms with Crippen LogP contribution in [0.3, 0.4) is 0 Å². The molecule has 0 nitrogen and oxygen atoms in total. The number of aryl methyl sites for hydroxylation is 1. The molecule has 159 valence electrons. The quantitative estimate of drug-likeness (QED) is 0.384. The molecule has 1 radical (unpaired) electrons. The average molecular weight is 496 g/mol. The Morgan fingerprint density at radius 3 is 1.79 bits per heavy atom.